The van der Waals surface area contributed by atoms with Gasteiger partial charge in [0, 0.05) is 24.9 Å². The van der Waals surface area contributed by atoms with Gasteiger partial charge in [-0.3, -0.25) is 9.69 Å². The van der Waals surface area contributed by atoms with Crippen LogP contribution in [0.4, 0.5) is 0 Å². The first kappa shape index (κ1) is 14.0. The zero-order chi connectivity index (χ0) is 13.0. The highest BCUT2D eigenvalue weighted by molar-refractivity contribution is 5.82. The average molecular weight is 251 g/mol. The third-order valence-corrected chi connectivity index (χ3v) is 4.77. The number of rotatable bonds is 7. The molecular weight excluding hydrogens is 222 g/mol. The monoisotopic (exact) mass is 251 g/mol. The fourth-order valence-electron chi connectivity index (χ4n) is 3.26. The highest BCUT2D eigenvalue weighted by Crippen LogP contribution is 2.33. The molecular formula is C16H29NO. The first-order valence-corrected chi connectivity index (χ1v) is 8.01. The van der Waals surface area contributed by atoms with Crippen molar-refractivity contribution in [1.82, 2.24) is 4.90 Å². The van der Waals surface area contributed by atoms with Crippen LogP contribution in [-0.2, 0) is 4.79 Å². The Kier molecular flexibility index (Phi) is 5.23. The second-order valence-electron chi connectivity index (χ2n) is 6.29. The maximum Gasteiger partial charge on any atom is 0.137 e. The Labute approximate surface area is 112 Å². The fraction of sp³-hybridized carbons (Fsp3) is 0.938. The summed E-state index contributed by atoms with van der Waals surface area (Å²) in [5.41, 5.74) is 0. The minimum Gasteiger partial charge on any atom is -0.300 e. The third-order valence-electron chi connectivity index (χ3n) is 4.77. The number of nitrogens with zero attached hydrogens (tertiary/aromatic N) is 1. The van der Waals surface area contributed by atoms with Gasteiger partial charge in [-0.25, -0.2) is 0 Å². The van der Waals surface area contributed by atoms with Gasteiger partial charge < -0.3 is 0 Å². The first-order valence-electron chi connectivity index (χ1n) is 8.01. The molecule has 2 rings (SSSR count). The second kappa shape index (κ2) is 6.70. The minimum absolute atomic E-state index is 0.348. The minimum atomic E-state index is 0.348. The van der Waals surface area contributed by atoms with Crippen LogP contribution in [0.1, 0.15) is 65.2 Å². The number of unbranched alkanes of at least 4 members (excludes halogenated alkanes) is 1. The van der Waals surface area contributed by atoms with Gasteiger partial charge in [-0.15, -0.1) is 0 Å². The Morgan fingerprint density at radius 2 is 2.00 bits per heavy atom. The Hall–Kier alpha value is -0.370. The van der Waals surface area contributed by atoms with Gasteiger partial charge >= 0.3 is 0 Å². The number of carbonyl (C=O) groups is 1. The summed E-state index contributed by atoms with van der Waals surface area (Å²) in [5.74, 6) is 1.70. The molecule has 0 aliphatic heterocycles. The van der Waals surface area contributed by atoms with Crippen LogP contribution in [0, 0.1) is 11.8 Å². The summed E-state index contributed by atoms with van der Waals surface area (Å²) in [5, 5.41) is 0. The van der Waals surface area contributed by atoms with E-state index >= 15 is 0 Å². The molecule has 0 heterocycles. The van der Waals surface area contributed by atoms with Crippen molar-refractivity contribution >= 4 is 5.78 Å². The first-order chi connectivity index (χ1) is 8.74. The number of ketones is 1. The van der Waals surface area contributed by atoms with Crippen molar-refractivity contribution in [3.05, 3.63) is 0 Å². The van der Waals surface area contributed by atoms with Crippen molar-refractivity contribution in [1.29, 1.82) is 0 Å². The number of hydrogen-bond donors (Lipinski definition) is 0. The Morgan fingerprint density at radius 3 is 2.61 bits per heavy atom. The lowest BCUT2D eigenvalue weighted by Crippen LogP contribution is -2.38. The second-order valence-corrected chi connectivity index (χ2v) is 6.29. The van der Waals surface area contributed by atoms with Crippen LogP contribution in [-0.4, -0.2) is 29.8 Å². The molecule has 0 radical (unpaired) electrons. The van der Waals surface area contributed by atoms with Gasteiger partial charge in [0.25, 0.3) is 0 Å². The molecule has 0 aromatic rings. The van der Waals surface area contributed by atoms with Crippen molar-refractivity contribution in [2.45, 2.75) is 71.3 Å². The van der Waals surface area contributed by atoms with E-state index in [1.165, 1.54) is 38.6 Å². The standard InChI is InChI=1S/C16H29NO/c1-3-5-10-17(15-7-8-15)12-14-11-13(4-2)6-9-16(14)18/h13-15H,3-12H2,1-2H3. The van der Waals surface area contributed by atoms with Crippen LogP contribution >= 0.6 is 0 Å². The SMILES string of the molecule is CCCCN(CC1CC(CC)CCC1=O)C1CC1. The molecule has 0 N–H and O–H groups in total. The summed E-state index contributed by atoms with van der Waals surface area (Å²) in [4.78, 5) is 14.7. The van der Waals surface area contributed by atoms with Gasteiger partial charge in [-0.2, -0.15) is 0 Å². The van der Waals surface area contributed by atoms with E-state index in [0.717, 1.165) is 37.8 Å². The van der Waals surface area contributed by atoms with Crippen molar-refractivity contribution in [3.8, 4) is 0 Å². The zero-order valence-electron chi connectivity index (χ0n) is 12.2. The van der Waals surface area contributed by atoms with Crippen LogP contribution in [0.2, 0.25) is 0 Å². The maximum absolute atomic E-state index is 12.1. The molecule has 0 spiro atoms. The predicted octanol–water partition coefficient (Wildman–Crippen LogP) is 3.65. The van der Waals surface area contributed by atoms with Crippen molar-refractivity contribution in [2.24, 2.45) is 11.8 Å². The molecule has 104 valence electrons. The average Bonchev–Trinajstić information content (AvgIpc) is 3.21. The molecule has 0 aromatic carbocycles. The Bertz CT molecular complexity index is 272. The predicted molar refractivity (Wildman–Crippen MR) is 75.6 cm³/mol. The van der Waals surface area contributed by atoms with E-state index in [1.807, 2.05) is 0 Å². The summed E-state index contributed by atoms with van der Waals surface area (Å²) in [7, 11) is 0. The molecule has 2 aliphatic rings. The number of hydrogen-bond acceptors (Lipinski definition) is 2. The molecule has 2 heteroatoms. The lowest BCUT2D eigenvalue weighted by atomic mass is 9.79. The molecule has 2 atom stereocenters. The summed E-state index contributed by atoms with van der Waals surface area (Å²) >= 11 is 0. The van der Waals surface area contributed by atoms with E-state index in [4.69, 9.17) is 0 Å². The van der Waals surface area contributed by atoms with Crippen molar-refractivity contribution in [2.75, 3.05) is 13.1 Å². The van der Waals surface area contributed by atoms with E-state index in [0.29, 0.717) is 11.7 Å². The molecule has 2 nitrogen and oxygen atoms in total. The van der Waals surface area contributed by atoms with Crippen LogP contribution in [0.15, 0.2) is 0 Å². The van der Waals surface area contributed by atoms with Crippen LogP contribution < -0.4 is 0 Å². The maximum atomic E-state index is 12.1. The van der Waals surface area contributed by atoms with Crippen LogP contribution in [0.25, 0.3) is 0 Å². The molecule has 0 bridgehead atoms. The summed E-state index contributed by atoms with van der Waals surface area (Å²) in [6.45, 7) is 6.79. The highest BCUT2D eigenvalue weighted by Gasteiger charge is 2.34. The summed E-state index contributed by atoms with van der Waals surface area (Å²) in [6, 6.07) is 0.811. The molecule has 0 aromatic heterocycles. The normalized spacial score (nSPS) is 28.9. The van der Waals surface area contributed by atoms with E-state index in [1.54, 1.807) is 0 Å². The summed E-state index contributed by atoms with van der Waals surface area (Å²) in [6.07, 6.45) is 9.67. The molecule has 2 unspecified atom stereocenters. The van der Waals surface area contributed by atoms with Crippen molar-refractivity contribution in [3.63, 3.8) is 0 Å². The van der Waals surface area contributed by atoms with Crippen LogP contribution in [0.5, 0.6) is 0 Å². The van der Waals surface area contributed by atoms with Gasteiger partial charge in [0.15, 0.2) is 0 Å². The van der Waals surface area contributed by atoms with Gasteiger partial charge in [0.2, 0.25) is 0 Å². The Balaban J connectivity index is 1.85. The third kappa shape index (κ3) is 3.81. The lowest BCUT2D eigenvalue weighted by Gasteiger charge is -2.32. The smallest absolute Gasteiger partial charge is 0.137 e. The number of Topliss-reactive ketones (excluding diaryl/α,β-unsaturated/α-hetero) is 1. The molecule has 0 saturated heterocycles. The largest absolute Gasteiger partial charge is 0.300 e. The van der Waals surface area contributed by atoms with Gasteiger partial charge in [-0.05, 0) is 44.6 Å². The van der Waals surface area contributed by atoms with E-state index in [2.05, 4.69) is 18.7 Å². The lowest BCUT2D eigenvalue weighted by molar-refractivity contribution is -0.126. The topological polar surface area (TPSA) is 20.3 Å². The molecule has 2 fully saturated rings. The van der Waals surface area contributed by atoms with E-state index < -0.39 is 0 Å². The fourth-order valence-corrected chi connectivity index (χ4v) is 3.26. The number of carbonyl (C=O) groups excluding carboxylic acids is 1. The van der Waals surface area contributed by atoms with E-state index in [9.17, 15) is 4.79 Å². The van der Waals surface area contributed by atoms with Crippen molar-refractivity contribution < 1.29 is 4.79 Å². The van der Waals surface area contributed by atoms with Gasteiger partial charge in [0.05, 0.1) is 0 Å². The Morgan fingerprint density at radius 1 is 1.22 bits per heavy atom. The molecule has 0 amide bonds. The highest BCUT2D eigenvalue weighted by atomic mass is 16.1. The summed E-state index contributed by atoms with van der Waals surface area (Å²) < 4.78 is 0. The van der Waals surface area contributed by atoms with Gasteiger partial charge in [-0.1, -0.05) is 26.7 Å². The molecule has 2 aliphatic carbocycles. The quantitative estimate of drug-likeness (QED) is 0.688. The zero-order valence-corrected chi connectivity index (χ0v) is 12.2. The molecule has 18 heavy (non-hydrogen) atoms. The molecule has 2 saturated carbocycles. The van der Waals surface area contributed by atoms with Gasteiger partial charge in [0.1, 0.15) is 5.78 Å². The van der Waals surface area contributed by atoms with E-state index in [-0.39, 0.29) is 0 Å². The van der Waals surface area contributed by atoms with Crippen LogP contribution in [0.3, 0.4) is 0 Å².